The highest BCUT2D eigenvalue weighted by Crippen LogP contribution is 2.34. The van der Waals surface area contributed by atoms with E-state index in [2.05, 4.69) is 0 Å². The van der Waals surface area contributed by atoms with Gasteiger partial charge in [0.15, 0.2) is 6.61 Å². The minimum Gasteiger partial charge on any atom is -0.483 e. The monoisotopic (exact) mass is 447 g/mol. The molecule has 0 bridgehead atoms. The quantitative estimate of drug-likeness (QED) is 0.572. The normalized spacial score (nSPS) is 10.6. The molecule has 0 aliphatic rings. The second kappa shape index (κ2) is 8.61. The molecule has 0 radical (unpaired) electrons. The van der Waals surface area contributed by atoms with Crippen LogP contribution in [0, 0.1) is 0 Å². The number of fused-ring (bicyclic) bond motifs is 1. The standard InChI is InChI=1S/C21H15Cl2NO6/c1-24(17-5-3-2-4-13(17)21(28)29)19(25)10-30-18-8-12(20(26)27)6-11-7-15(22)16(23)9-14(11)18/h2-9H,10H2,1H3,(H,26,27)(H,28,29). The third kappa shape index (κ3) is 4.32. The number of carboxylic acids is 2. The summed E-state index contributed by atoms with van der Waals surface area (Å²) in [6.45, 7) is -0.455. The van der Waals surface area contributed by atoms with E-state index in [4.69, 9.17) is 27.9 Å². The highest BCUT2D eigenvalue weighted by Gasteiger charge is 2.19. The number of nitrogens with zero attached hydrogens (tertiary/aromatic N) is 1. The highest BCUT2D eigenvalue weighted by atomic mass is 35.5. The van der Waals surface area contributed by atoms with Gasteiger partial charge in [0, 0.05) is 12.4 Å². The first-order valence-electron chi connectivity index (χ1n) is 8.57. The number of likely N-dealkylation sites (N-methyl/N-ethyl adjacent to an activating group) is 1. The molecule has 3 aromatic carbocycles. The van der Waals surface area contributed by atoms with Crippen molar-refractivity contribution in [3.05, 3.63) is 69.7 Å². The van der Waals surface area contributed by atoms with Gasteiger partial charge in [-0.05, 0) is 41.8 Å². The molecule has 3 aromatic rings. The molecule has 2 N–H and O–H groups in total. The number of benzene rings is 3. The molecule has 3 rings (SSSR count). The van der Waals surface area contributed by atoms with Crippen LogP contribution in [-0.2, 0) is 4.79 Å². The molecule has 30 heavy (non-hydrogen) atoms. The van der Waals surface area contributed by atoms with Crippen molar-refractivity contribution in [2.45, 2.75) is 0 Å². The number of halogens is 2. The molecule has 1 amide bonds. The Bertz CT molecular complexity index is 1180. The molecule has 0 aromatic heterocycles. The number of rotatable bonds is 6. The van der Waals surface area contributed by atoms with E-state index in [1.54, 1.807) is 12.1 Å². The molecular weight excluding hydrogens is 433 g/mol. The van der Waals surface area contributed by atoms with Crippen LogP contribution in [-0.4, -0.2) is 41.7 Å². The third-order valence-electron chi connectivity index (χ3n) is 4.42. The van der Waals surface area contributed by atoms with Crippen molar-refractivity contribution in [1.29, 1.82) is 0 Å². The van der Waals surface area contributed by atoms with Crippen LogP contribution in [0.25, 0.3) is 10.8 Å². The zero-order valence-electron chi connectivity index (χ0n) is 15.6. The third-order valence-corrected chi connectivity index (χ3v) is 5.15. The van der Waals surface area contributed by atoms with Gasteiger partial charge >= 0.3 is 11.9 Å². The molecule has 0 fully saturated rings. The predicted molar refractivity (Wildman–Crippen MR) is 113 cm³/mol. The van der Waals surface area contributed by atoms with Gasteiger partial charge in [0.05, 0.1) is 26.9 Å². The Morgan fingerprint density at radius 1 is 0.967 bits per heavy atom. The maximum absolute atomic E-state index is 12.6. The zero-order chi connectivity index (χ0) is 22.0. The van der Waals surface area contributed by atoms with Crippen molar-refractivity contribution in [2.24, 2.45) is 0 Å². The van der Waals surface area contributed by atoms with E-state index in [-0.39, 0.29) is 32.6 Å². The Balaban J connectivity index is 1.91. The summed E-state index contributed by atoms with van der Waals surface area (Å²) in [6, 6.07) is 11.8. The lowest BCUT2D eigenvalue weighted by molar-refractivity contribution is -0.120. The molecule has 0 aliphatic heterocycles. The van der Waals surface area contributed by atoms with Crippen LogP contribution < -0.4 is 9.64 Å². The summed E-state index contributed by atoms with van der Waals surface area (Å²) < 4.78 is 5.61. The Morgan fingerprint density at radius 3 is 2.30 bits per heavy atom. The average molecular weight is 448 g/mol. The molecular formula is C21H15Cl2NO6. The van der Waals surface area contributed by atoms with E-state index in [0.29, 0.717) is 10.8 Å². The number of para-hydroxylation sites is 1. The minimum atomic E-state index is -1.17. The number of anilines is 1. The summed E-state index contributed by atoms with van der Waals surface area (Å²) in [5.41, 5.74) is 0.124. The van der Waals surface area contributed by atoms with Gasteiger partial charge in [-0.1, -0.05) is 35.3 Å². The van der Waals surface area contributed by atoms with Crippen molar-refractivity contribution in [3.8, 4) is 5.75 Å². The van der Waals surface area contributed by atoms with Crippen LogP contribution in [0.5, 0.6) is 5.75 Å². The van der Waals surface area contributed by atoms with E-state index in [1.165, 1.54) is 43.4 Å². The SMILES string of the molecule is CN(C(=O)COc1cc(C(=O)O)cc2cc(Cl)c(Cl)cc12)c1ccccc1C(=O)O. The van der Waals surface area contributed by atoms with Crippen molar-refractivity contribution in [1.82, 2.24) is 0 Å². The van der Waals surface area contributed by atoms with Crippen LogP contribution in [0.3, 0.4) is 0 Å². The zero-order valence-corrected chi connectivity index (χ0v) is 17.1. The van der Waals surface area contributed by atoms with Gasteiger partial charge < -0.3 is 19.8 Å². The van der Waals surface area contributed by atoms with E-state index in [9.17, 15) is 24.6 Å². The van der Waals surface area contributed by atoms with Gasteiger partial charge in [-0.25, -0.2) is 9.59 Å². The topological polar surface area (TPSA) is 104 Å². The van der Waals surface area contributed by atoms with Crippen LogP contribution >= 0.6 is 23.2 Å². The molecule has 0 spiro atoms. The second-order valence-corrected chi connectivity index (χ2v) is 7.15. The van der Waals surface area contributed by atoms with E-state index in [1.807, 2.05) is 0 Å². The van der Waals surface area contributed by atoms with Crippen molar-refractivity contribution in [2.75, 3.05) is 18.6 Å². The van der Waals surface area contributed by atoms with E-state index < -0.39 is 24.5 Å². The fourth-order valence-electron chi connectivity index (χ4n) is 2.88. The Labute approximate surface area is 181 Å². The number of hydrogen-bond donors (Lipinski definition) is 2. The number of hydrogen-bond acceptors (Lipinski definition) is 4. The fraction of sp³-hybridized carbons (Fsp3) is 0.0952. The summed E-state index contributed by atoms with van der Waals surface area (Å²) in [7, 11) is 1.43. The van der Waals surface area contributed by atoms with Crippen molar-refractivity contribution < 1.29 is 29.3 Å². The highest BCUT2D eigenvalue weighted by molar-refractivity contribution is 6.42. The summed E-state index contributed by atoms with van der Waals surface area (Å²) in [4.78, 5) is 36.6. The van der Waals surface area contributed by atoms with Gasteiger partial charge in [-0.3, -0.25) is 4.79 Å². The lowest BCUT2D eigenvalue weighted by Gasteiger charge is -2.20. The molecule has 0 atom stereocenters. The maximum Gasteiger partial charge on any atom is 0.337 e. The number of carbonyl (C=O) groups excluding carboxylic acids is 1. The number of carbonyl (C=O) groups is 3. The van der Waals surface area contributed by atoms with Crippen LogP contribution in [0.4, 0.5) is 5.69 Å². The first-order valence-corrected chi connectivity index (χ1v) is 9.32. The lowest BCUT2D eigenvalue weighted by atomic mass is 10.1. The van der Waals surface area contributed by atoms with Crippen molar-refractivity contribution >= 4 is 57.5 Å². The first-order chi connectivity index (χ1) is 14.2. The number of carboxylic acid groups (broad SMARTS) is 2. The largest absolute Gasteiger partial charge is 0.483 e. The molecule has 154 valence electrons. The van der Waals surface area contributed by atoms with E-state index >= 15 is 0 Å². The molecule has 0 saturated carbocycles. The lowest BCUT2D eigenvalue weighted by Crippen LogP contribution is -2.32. The summed E-state index contributed by atoms with van der Waals surface area (Å²) in [6.07, 6.45) is 0. The smallest absolute Gasteiger partial charge is 0.337 e. The Morgan fingerprint density at radius 2 is 1.63 bits per heavy atom. The van der Waals surface area contributed by atoms with Gasteiger partial charge in [-0.15, -0.1) is 0 Å². The van der Waals surface area contributed by atoms with E-state index in [0.717, 1.165) is 4.90 Å². The van der Waals surface area contributed by atoms with Gasteiger partial charge in [0.1, 0.15) is 5.75 Å². The second-order valence-electron chi connectivity index (χ2n) is 6.33. The van der Waals surface area contributed by atoms with Crippen LogP contribution in [0.15, 0.2) is 48.5 Å². The molecule has 0 aliphatic carbocycles. The van der Waals surface area contributed by atoms with Crippen LogP contribution in [0.1, 0.15) is 20.7 Å². The molecule has 0 saturated heterocycles. The average Bonchev–Trinajstić information content (AvgIpc) is 2.71. The van der Waals surface area contributed by atoms with Crippen molar-refractivity contribution in [3.63, 3.8) is 0 Å². The fourth-order valence-corrected chi connectivity index (χ4v) is 3.22. The summed E-state index contributed by atoms with van der Waals surface area (Å²) in [5, 5.41) is 20.1. The summed E-state index contributed by atoms with van der Waals surface area (Å²) in [5.74, 6) is -2.74. The molecule has 7 nitrogen and oxygen atoms in total. The number of aromatic carboxylic acids is 2. The summed E-state index contributed by atoms with van der Waals surface area (Å²) >= 11 is 12.1. The Hall–Kier alpha value is -3.29. The maximum atomic E-state index is 12.6. The van der Waals surface area contributed by atoms with Crippen LogP contribution in [0.2, 0.25) is 10.0 Å². The molecule has 0 unspecified atom stereocenters. The minimum absolute atomic E-state index is 0.0342. The Kier molecular flexibility index (Phi) is 6.14. The number of amides is 1. The predicted octanol–water partition coefficient (Wildman–Crippen LogP) is 4.58. The van der Waals surface area contributed by atoms with Gasteiger partial charge in [0.25, 0.3) is 5.91 Å². The van der Waals surface area contributed by atoms with Gasteiger partial charge in [0.2, 0.25) is 0 Å². The molecule has 0 heterocycles. The number of ether oxygens (including phenoxy) is 1. The first kappa shape index (κ1) is 21.4. The molecule has 9 heteroatoms. The van der Waals surface area contributed by atoms with Gasteiger partial charge in [-0.2, -0.15) is 0 Å².